The van der Waals surface area contributed by atoms with Gasteiger partial charge in [0.15, 0.2) is 0 Å². The van der Waals surface area contributed by atoms with Crippen molar-refractivity contribution in [3.05, 3.63) is 47.5 Å². The Morgan fingerprint density at radius 3 is 2.71 bits per heavy atom. The van der Waals surface area contributed by atoms with Crippen LogP contribution in [0.25, 0.3) is 21.9 Å². The fourth-order valence-corrected chi connectivity index (χ4v) is 3.07. The zero-order chi connectivity index (χ0) is 11.2. The van der Waals surface area contributed by atoms with Gasteiger partial charge in [-0.05, 0) is 48.9 Å². The van der Waals surface area contributed by atoms with E-state index in [1.165, 1.54) is 47.6 Å². The molecule has 0 unspecified atom stereocenters. The van der Waals surface area contributed by atoms with Crippen LogP contribution in [0.5, 0.6) is 0 Å². The summed E-state index contributed by atoms with van der Waals surface area (Å²) in [7, 11) is 0. The molecule has 84 valence electrons. The van der Waals surface area contributed by atoms with Gasteiger partial charge in [-0.3, -0.25) is 0 Å². The number of fused-ring (bicyclic) bond motifs is 5. The Hall–Kier alpha value is -1.76. The number of aryl methyl sites for hydroxylation is 2. The summed E-state index contributed by atoms with van der Waals surface area (Å²) in [5.74, 6) is 0. The van der Waals surface area contributed by atoms with Gasteiger partial charge in [0, 0.05) is 10.8 Å². The molecule has 4 rings (SSSR count). The molecule has 0 radical (unpaired) electrons. The van der Waals surface area contributed by atoms with Crippen LogP contribution < -0.4 is 0 Å². The van der Waals surface area contributed by atoms with Crippen LogP contribution in [0.2, 0.25) is 0 Å². The van der Waals surface area contributed by atoms with E-state index in [1.54, 1.807) is 0 Å². The van der Waals surface area contributed by atoms with E-state index < -0.39 is 0 Å². The molecule has 0 N–H and O–H groups in total. The Balaban J connectivity index is 2.20. The predicted molar refractivity (Wildman–Crippen MR) is 70.4 cm³/mol. The molecule has 17 heavy (non-hydrogen) atoms. The number of hydrogen-bond acceptors (Lipinski definition) is 1. The molecule has 1 aliphatic carbocycles. The lowest BCUT2D eigenvalue weighted by molar-refractivity contribution is 0.663. The molecular weight excluding hydrogens is 208 g/mol. The van der Waals surface area contributed by atoms with Crippen molar-refractivity contribution in [3.8, 4) is 0 Å². The molecule has 0 saturated heterocycles. The SMILES string of the molecule is c1ccc2c(c1)oc1ccc3c(c12)CCCC3. The third-order valence-electron chi connectivity index (χ3n) is 3.87. The van der Waals surface area contributed by atoms with Crippen LogP contribution in [0, 0.1) is 0 Å². The summed E-state index contributed by atoms with van der Waals surface area (Å²) in [6.07, 6.45) is 5.07. The molecule has 0 atom stereocenters. The third-order valence-corrected chi connectivity index (χ3v) is 3.87. The average Bonchev–Trinajstić information content (AvgIpc) is 2.77. The molecule has 0 aliphatic heterocycles. The maximum Gasteiger partial charge on any atom is 0.135 e. The minimum Gasteiger partial charge on any atom is -0.456 e. The van der Waals surface area contributed by atoms with Crippen molar-refractivity contribution in [1.82, 2.24) is 0 Å². The van der Waals surface area contributed by atoms with Gasteiger partial charge < -0.3 is 4.42 Å². The molecule has 1 aliphatic rings. The molecule has 0 saturated carbocycles. The molecular formula is C16H14O. The Morgan fingerprint density at radius 1 is 0.824 bits per heavy atom. The fourth-order valence-electron chi connectivity index (χ4n) is 3.07. The van der Waals surface area contributed by atoms with Crippen LogP contribution in [0.3, 0.4) is 0 Å². The van der Waals surface area contributed by atoms with Gasteiger partial charge in [-0.15, -0.1) is 0 Å². The van der Waals surface area contributed by atoms with Crippen LogP contribution in [-0.4, -0.2) is 0 Å². The second-order valence-corrected chi connectivity index (χ2v) is 4.88. The van der Waals surface area contributed by atoms with Crippen LogP contribution in [0.1, 0.15) is 24.0 Å². The van der Waals surface area contributed by atoms with Gasteiger partial charge in [0.1, 0.15) is 11.2 Å². The van der Waals surface area contributed by atoms with Crippen molar-refractivity contribution < 1.29 is 4.42 Å². The normalized spacial score (nSPS) is 15.3. The largest absolute Gasteiger partial charge is 0.456 e. The third kappa shape index (κ3) is 1.25. The zero-order valence-electron chi connectivity index (χ0n) is 9.70. The first-order chi connectivity index (χ1) is 8.43. The highest BCUT2D eigenvalue weighted by Crippen LogP contribution is 2.35. The number of benzene rings is 2. The first-order valence-corrected chi connectivity index (χ1v) is 6.35. The summed E-state index contributed by atoms with van der Waals surface area (Å²) in [5, 5.41) is 2.64. The summed E-state index contributed by atoms with van der Waals surface area (Å²) in [4.78, 5) is 0. The standard InChI is InChI=1S/C16H14O/c1-2-6-12-11(5-1)9-10-15-16(12)13-7-3-4-8-14(13)17-15/h3-4,7-10H,1-2,5-6H2. The molecule has 0 bridgehead atoms. The minimum absolute atomic E-state index is 1.02. The van der Waals surface area contributed by atoms with Crippen LogP contribution in [-0.2, 0) is 12.8 Å². The highest BCUT2D eigenvalue weighted by molar-refractivity contribution is 6.07. The smallest absolute Gasteiger partial charge is 0.135 e. The lowest BCUT2D eigenvalue weighted by Crippen LogP contribution is -2.02. The topological polar surface area (TPSA) is 13.1 Å². The Kier molecular flexibility index (Phi) is 1.84. The van der Waals surface area contributed by atoms with Crippen molar-refractivity contribution in [3.63, 3.8) is 0 Å². The van der Waals surface area contributed by atoms with Crippen molar-refractivity contribution in [1.29, 1.82) is 0 Å². The van der Waals surface area contributed by atoms with E-state index in [0.717, 1.165) is 11.2 Å². The first kappa shape index (κ1) is 9.29. The maximum absolute atomic E-state index is 5.92. The van der Waals surface area contributed by atoms with Crippen molar-refractivity contribution in [2.45, 2.75) is 25.7 Å². The van der Waals surface area contributed by atoms with Crippen LogP contribution >= 0.6 is 0 Å². The molecule has 1 heterocycles. The molecule has 1 aromatic heterocycles. The Morgan fingerprint density at radius 2 is 1.71 bits per heavy atom. The van der Waals surface area contributed by atoms with E-state index >= 15 is 0 Å². The predicted octanol–water partition coefficient (Wildman–Crippen LogP) is 4.46. The molecule has 3 aromatic rings. The maximum atomic E-state index is 5.92. The molecule has 0 amide bonds. The zero-order valence-corrected chi connectivity index (χ0v) is 9.70. The lowest BCUT2D eigenvalue weighted by Gasteiger charge is -2.15. The lowest BCUT2D eigenvalue weighted by atomic mass is 9.88. The van der Waals surface area contributed by atoms with Gasteiger partial charge in [0.25, 0.3) is 0 Å². The van der Waals surface area contributed by atoms with Crippen LogP contribution in [0.4, 0.5) is 0 Å². The van der Waals surface area contributed by atoms with E-state index in [-0.39, 0.29) is 0 Å². The van der Waals surface area contributed by atoms with Crippen molar-refractivity contribution >= 4 is 21.9 Å². The van der Waals surface area contributed by atoms with Crippen LogP contribution in [0.15, 0.2) is 40.8 Å². The van der Waals surface area contributed by atoms with Crippen molar-refractivity contribution in [2.24, 2.45) is 0 Å². The number of rotatable bonds is 0. The van der Waals surface area contributed by atoms with Gasteiger partial charge in [-0.1, -0.05) is 24.3 Å². The van der Waals surface area contributed by atoms with E-state index in [2.05, 4.69) is 30.3 Å². The Bertz CT molecular complexity index is 706. The number of para-hydroxylation sites is 1. The second kappa shape index (κ2) is 3.36. The molecule has 2 aromatic carbocycles. The molecule has 1 heteroatoms. The quantitative estimate of drug-likeness (QED) is 0.547. The van der Waals surface area contributed by atoms with Gasteiger partial charge >= 0.3 is 0 Å². The number of hydrogen-bond donors (Lipinski definition) is 0. The van der Waals surface area contributed by atoms with Gasteiger partial charge in [-0.2, -0.15) is 0 Å². The number of furan rings is 1. The monoisotopic (exact) mass is 222 g/mol. The summed E-state index contributed by atoms with van der Waals surface area (Å²) < 4.78 is 5.92. The highest BCUT2D eigenvalue weighted by Gasteiger charge is 2.16. The summed E-state index contributed by atoms with van der Waals surface area (Å²) in [5.41, 5.74) is 5.11. The molecule has 1 nitrogen and oxygen atoms in total. The molecule has 0 spiro atoms. The minimum atomic E-state index is 1.02. The molecule has 0 fully saturated rings. The summed E-state index contributed by atoms with van der Waals surface area (Å²) in [6, 6.07) is 12.8. The summed E-state index contributed by atoms with van der Waals surface area (Å²) >= 11 is 0. The highest BCUT2D eigenvalue weighted by atomic mass is 16.3. The summed E-state index contributed by atoms with van der Waals surface area (Å²) in [6.45, 7) is 0. The van der Waals surface area contributed by atoms with E-state index in [0.29, 0.717) is 0 Å². The van der Waals surface area contributed by atoms with Gasteiger partial charge in [-0.25, -0.2) is 0 Å². The second-order valence-electron chi connectivity index (χ2n) is 4.88. The van der Waals surface area contributed by atoms with E-state index in [4.69, 9.17) is 4.42 Å². The van der Waals surface area contributed by atoms with Gasteiger partial charge in [0.05, 0.1) is 0 Å². The van der Waals surface area contributed by atoms with Crippen molar-refractivity contribution in [2.75, 3.05) is 0 Å². The fraction of sp³-hybridized carbons (Fsp3) is 0.250. The van der Waals surface area contributed by atoms with E-state index in [9.17, 15) is 0 Å². The average molecular weight is 222 g/mol. The Labute approximate surface area is 100 Å². The van der Waals surface area contributed by atoms with E-state index in [1.807, 2.05) is 6.07 Å². The first-order valence-electron chi connectivity index (χ1n) is 6.35. The van der Waals surface area contributed by atoms with Gasteiger partial charge in [0.2, 0.25) is 0 Å².